The molecule has 1 fully saturated rings. The molecule has 1 atom stereocenters. The topological polar surface area (TPSA) is 32.3 Å². The lowest BCUT2D eigenvalue weighted by Crippen LogP contribution is -2.47. The lowest BCUT2D eigenvalue weighted by atomic mass is 10.0. The monoisotopic (exact) mass is 318 g/mol. The third kappa shape index (κ3) is 3.60. The third-order valence-electron chi connectivity index (χ3n) is 4.40. The Hall–Kier alpha value is -1.58. The summed E-state index contributed by atoms with van der Waals surface area (Å²) in [6.45, 7) is 1.72. The average Bonchev–Trinajstić information content (AvgIpc) is 2.55. The van der Waals surface area contributed by atoms with Crippen molar-refractivity contribution in [3.8, 4) is 0 Å². The van der Waals surface area contributed by atoms with Crippen LogP contribution in [-0.2, 0) is 11.2 Å². The molecule has 3 rings (SSSR count). The average molecular weight is 319 g/mol. The van der Waals surface area contributed by atoms with Crippen molar-refractivity contribution in [3.63, 3.8) is 0 Å². The molecule has 22 heavy (non-hydrogen) atoms. The second kappa shape index (κ2) is 7.61. The van der Waals surface area contributed by atoms with E-state index in [-0.39, 0.29) is 18.3 Å². The molecular weight excluding hydrogens is 296 g/mol. The highest BCUT2D eigenvalue weighted by atomic mass is 35.5. The zero-order valence-electron chi connectivity index (χ0n) is 12.9. The molecule has 3 nitrogen and oxygen atoms in total. The van der Waals surface area contributed by atoms with Gasteiger partial charge in [0.25, 0.3) is 0 Å². The molecule has 0 aliphatic carbocycles. The molecule has 1 aliphatic heterocycles. The Balaban J connectivity index is 0.00000176. The number of likely N-dealkylation sites (tertiary alicyclic amines) is 1. The highest BCUT2D eigenvalue weighted by molar-refractivity contribution is 5.90. The number of piperidine rings is 1. The van der Waals surface area contributed by atoms with Crippen molar-refractivity contribution in [1.29, 1.82) is 0 Å². The lowest BCUT2D eigenvalue weighted by Gasteiger charge is -2.32. The number of nitrogens with zero attached hydrogens (tertiary/aromatic N) is 1. The number of rotatable bonds is 3. The maximum atomic E-state index is 12.6. The molecule has 1 unspecified atom stereocenters. The first-order valence-electron chi connectivity index (χ1n) is 7.69. The van der Waals surface area contributed by atoms with E-state index in [9.17, 15) is 4.79 Å². The van der Waals surface area contributed by atoms with Gasteiger partial charge in [-0.05, 0) is 36.2 Å². The summed E-state index contributed by atoms with van der Waals surface area (Å²) in [5, 5.41) is 5.68. The maximum Gasteiger partial charge on any atom is 0.227 e. The van der Waals surface area contributed by atoms with Crippen molar-refractivity contribution in [2.24, 2.45) is 0 Å². The first-order valence-corrected chi connectivity index (χ1v) is 7.69. The Morgan fingerprint density at radius 3 is 2.82 bits per heavy atom. The van der Waals surface area contributed by atoms with Gasteiger partial charge in [-0.1, -0.05) is 42.5 Å². The number of carbonyl (C=O) groups is 1. The number of hydrogen-bond acceptors (Lipinski definition) is 2. The standard InChI is InChI=1S/C18H22N2O.ClH/c1-19-16-9-5-11-20(13-16)18(21)12-15-8-4-7-14-6-2-3-10-17(14)15;/h2-4,6-8,10,16,19H,5,9,11-13H2,1H3;1H. The number of nitrogens with one attached hydrogen (secondary N) is 1. The fourth-order valence-corrected chi connectivity index (χ4v) is 3.16. The molecule has 1 N–H and O–H groups in total. The fraction of sp³-hybridized carbons (Fsp3) is 0.389. The number of halogens is 1. The van der Waals surface area contributed by atoms with E-state index < -0.39 is 0 Å². The first kappa shape index (κ1) is 16.8. The molecular formula is C18H23ClN2O. The number of amides is 1. The Bertz CT molecular complexity index is 639. The number of likely N-dealkylation sites (N-methyl/N-ethyl adjacent to an activating group) is 1. The van der Waals surface area contributed by atoms with Crippen LogP contribution in [0.3, 0.4) is 0 Å². The second-order valence-corrected chi connectivity index (χ2v) is 5.78. The molecule has 118 valence electrons. The summed E-state index contributed by atoms with van der Waals surface area (Å²) < 4.78 is 0. The van der Waals surface area contributed by atoms with E-state index in [1.165, 1.54) is 10.8 Å². The van der Waals surface area contributed by atoms with E-state index in [0.29, 0.717) is 12.5 Å². The maximum absolute atomic E-state index is 12.6. The van der Waals surface area contributed by atoms with Gasteiger partial charge in [-0.2, -0.15) is 0 Å². The Labute approximate surface area is 138 Å². The van der Waals surface area contributed by atoms with Gasteiger partial charge in [-0.25, -0.2) is 0 Å². The number of hydrogen-bond donors (Lipinski definition) is 1. The van der Waals surface area contributed by atoms with Crippen LogP contribution in [0.1, 0.15) is 18.4 Å². The van der Waals surface area contributed by atoms with E-state index in [4.69, 9.17) is 0 Å². The number of fused-ring (bicyclic) bond motifs is 1. The largest absolute Gasteiger partial charge is 0.341 e. The quantitative estimate of drug-likeness (QED) is 0.943. The Morgan fingerprint density at radius 2 is 2.00 bits per heavy atom. The normalized spacial score (nSPS) is 18.0. The van der Waals surface area contributed by atoms with Crippen LogP contribution in [0, 0.1) is 0 Å². The van der Waals surface area contributed by atoms with Crippen LogP contribution in [0.25, 0.3) is 10.8 Å². The van der Waals surface area contributed by atoms with Crippen LogP contribution in [0.2, 0.25) is 0 Å². The Kier molecular flexibility index (Phi) is 5.81. The van der Waals surface area contributed by atoms with Crippen molar-refractivity contribution in [2.45, 2.75) is 25.3 Å². The van der Waals surface area contributed by atoms with Crippen molar-refractivity contribution in [1.82, 2.24) is 10.2 Å². The lowest BCUT2D eigenvalue weighted by molar-refractivity contribution is -0.131. The van der Waals surface area contributed by atoms with E-state index in [2.05, 4.69) is 29.6 Å². The predicted molar refractivity (Wildman–Crippen MR) is 93.6 cm³/mol. The molecule has 0 spiro atoms. The van der Waals surface area contributed by atoms with E-state index in [1.807, 2.05) is 30.1 Å². The summed E-state index contributed by atoms with van der Waals surface area (Å²) in [6.07, 6.45) is 2.75. The van der Waals surface area contributed by atoms with Gasteiger partial charge in [0, 0.05) is 19.1 Å². The van der Waals surface area contributed by atoms with Crippen LogP contribution >= 0.6 is 12.4 Å². The van der Waals surface area contributed by atoms with Crippen molar-refractivity contribution in [2.75, 3.05) is 20.1 Å². The molecule has 0 bridgehead atoms. The van der Waals surface area contributed by atoms with Crippen molar-refractivity contribution < 1.29 is 4.79 Å². The van der Waals surface area contributed by atoms with Crippen LogP contribution in [0.5, 0.6) is 0 Å². The first-order chi connectivity index (χ1) is 10.3. The predicted octanol–water partition coefficient (Wildman–Crippen LogP) is 3.01. The number of carbonyl (C=O) groups excluding carboxylic acids is 1. The number of benzene rings is 2. The fourth-order valence-electron chi connectivity index (χ4n) is 3.16. The van der Waals surface area contributed by atoms with Crippen molar-refractivity contribution in [3.05, 3.63) is 48.0 Å². The molecule has 1 heterocycles. The summed E-state index contributed by atoms with van der Waals surface area (Å²) in [7, 11) is 1.98. The molecule has 1 aliphatic rings. The summed E-state index contributed by atoms with van der Waals surface area (Å²) in [5.41, 5.74) is 1.13. The zero-order chi connectivity index (χ0) is 14.7. The van der Waals surface area contributed by atoms with E-state index in [0.717, 1.165) is 31.5 Å². The van der Waals surface area contributed by atoms with Gasteiger partial charge in [0.1, 0.15) is 0 Å². The van der Waals surface area contributed by atoms with Gasteiger partial charge in [0.2, 0.25) is 5.91 Å². The van der Waals surface area contributed by atoms with E-state index >= 15 is 0 Å². The summed E-state index contributed by atoms with van der Waals surface area (Å²) in [6, 6.07) is 14.9. The van der Waals surface area contributed by atoms with Gasteiger partial charge in [0.05, 0.1) is 6.42 Å². The molecule has 2 aromatic rings. The third-order valence-corrected chi connectivity index (χ3v) is 4.40. The van der Waals surface area contributed by atoms with Gasteiger partial charge < -0.3 is 10.2 Å². The summed E-state index contributed by atoms with van der Waals surface area (Å²) >= 11 is 0. The van der Waals surface area contributed by atoms with Gasteiger partial charge in [-0.15, -0.1) is 12.4 Å². The molecule has 1 saturated heterocycles. The molecule has 4 heteroatoms. The van der Waals surface area contributed by atoms with Crippen LogP contribution in [0.4, 0.5) is 0 Å². The molecule has 0 saturated carbocycles. The van der Waals surface area contributed by atoms with Crippen molar-refractivity contribution >= 4 is 29.1 Å². The second-order valence-electron chi connectivity index (χ2n) is 5.78. The molecule has 1 amide bonds. The van der Waals surface area contributed by atoms with Gasteiger partial charge >= 0.3 is 0 Å². The minimum atomic E-state index is 0. The molecule has 0 aromatic heterocycles. The highest BCUT2D eigenvalue weighted by Crippen LogP contribution is 2.20. The minimum absolute atomic E-state index is 0. The van der Waals surface area contributed by atoms with Crippen LogP contribution in [0.15, 0.2) is 42.5 Å². The van der Waals surface area contributed by atoms with Crippen LogP contribution < -0.4 is 5.32 Å². The van der Waals surface area contributed by atoms with E-state index in [1.54, 1.807) is 0 Å². The zero-order valence-corrected chi connectivity index (χ0v) is 13.7. The highest BCUT2D eigenvalue weighted by Gasteiger charge is 2.22. The van der Waals surface area contributed by atoms with Gasteiger partial charge in [-0.3, -0.25) is 4.79 Å². The van der Waals surface area contributed by atoms with Crippen LogP contribution in [-0.4, -0.2) is 37.0 Å². The van der Waals surface area contributed by atoms with Gasteiger partial charge in [0.15, 0.2) is 0 Å². The summed E-state index contributed by atoms with van der Waals surface area (Å²) in [5.74, 6) is 0.242. The molecule has 2 aromatic carbocycles. The smallest absolute Gasteiger partial charge is 0.227 e. The Morgan fingerprint density at radius 1 is 1.23 bits per heavy atom. The molecule has 0 radical (unpaired) electrons. The SMILES string of the molecule is CNC1CCCN(C(=O)Cc2cccc3ccccc23)C1.Cl. The minimum Gasteiger partial charge on any atom is -0.341 e. The summed E-state index contributed by atoms with van der Waals surface area (Å²) in [4.78, 5) is 14.6.